The summed E-state index contributed by atoms with van der Waals surface area (Å²) in [6.07, 6.45) is 0.296. The molecule has 0 fully saturated rings. The van der Waals surface area contributed by atoms with Gasteiger partial charge in [-0.05, 0) is 24.1 Å². The summed E-state index contributed by atoms with van der Waals surface area (Å²) in [6, 6.07) is 13.9. The minimum atomic E-state index is -0.487. The zero-order valence-electron chi connectivity index (χ0n) is 12.2. The number of alkyl halides is 1. The molecule has 2 rings (SSSR count). The van der Waals surface area contributed by atoms with E-state index in [1.165, 1.54) is 6.07 Å². The fourth-order valence-corrected chi connectivity index (χ4v) is 2.60. The molecule has 0 aromatic heterocycles. The molecule has 0 aliphatic carbocycles. The van der Waals surface area contributed by atoms with Gasteiger partial charge in [-0.15, -0.1) is 0 Å². The number of methoxy groups -OCH3 is 1. The lowest BCUT2D eigenvalue weighted by molar-refractivity contribution is -0.120. The fourth-order valence-electron chi connectivity index (χ4n) is 2.09. The Labute approximate surface area is 137 Å². The van der Waals surface area contributed by atoms with Gasteiger partial charge in [-0.1, -0.05) is 52.3 Å². The Bertz CT molecular complexity index is 648. The largest absolute Gasteiger partial charge is 0.496 e. The smallest absolute Gasteiger partial charge is 0.234 e. The number of halogens is 2. The van der Waals surface area contributed by atoms with Gasteiger partial charge in [-0.2, -0.15) is 0 Å². The van der Waals surface area contributed by atoms with Crippen LogP contribution in [0.5, 0.6) is 5.75 Å². The van der Waals surface area contributed by atoms with Gasteiger partial charge in [0, 0.05) is 12.1 Å². The van der Waals surface area contributed by atoms with Gasteiger partial charge in [0.25, 0.3) is 0 Å². The van der Waals surface area contributed by atoms with Crippen LogP contribution in [0.4, 0.5) is 4.39 Å². The molecule has 0 aliphatic rings. The highest BCUT2D eigenvalue weighted by molar-refractivity contribution is 9.10. The van der Waals surface area contributed by atoms with Crippen molar-refractivity contribution in [3.63, 3.8) is 0 Å². The summed E-state index contributed by atoms with van der Waals surface area (Å²) < 4.78 is 18.8. The highest BCUT2D eigenvalue weighted by Gasteiger charge is 2.17. The molecular weight excluding hydrogens is 349 g/mol. The van der Waals surface area contributed by atoms with Crippen molar-refractivity contribution in [3.05, 3.63) is 65.5 Å². The maximum absolute atomic E-state index is 13.6. The summed E-state index contributed by atoms with van der Waals surface area (Å²) >= 11 is 3.31. The van der Waals surface area contributed by atoms with E-state index in [0.717, 1.165) is 11.3 Å². The molecule has 5 heteroatoms. The van der Waals surface area contributed by atoms with Crippen LogP contribution in [0, 0.1) is 5.82 Å². The molecular formula is C17H17BrFNO2. The van der Waals surface area contributed by atoms with Crippen LogP contribution in [0.1, 0.15) is 11.1 Å². The van der Waals surface area contributed by atoms with Gasteiger partial charge in [0.1, 0.15) is 11.6 Å². The first kappa shape index (κ1) is 16.5. The second-order valence-corrected chi connectivity index (χ2v) is 5.90. The molecule has 1 N–H and O–H groups in total. The van der Waals surface area contributed by atoms with Gasteiger partial charge < -0.3 is 10.1 Å². The van der Waals surface area contributed by atoms with Gasteiger partial charge in [-0.25, -0.2) is 4.39 Å². The van der Waals surface area contributed by atoms with Crippen molar-refractivity contribution in [2.24, 2.45) is 0 Å². The molecule has 0 saturated carbocycles. The van der Waals surface area contributed by atoms with Gasteiger partial charge >= 0.3 is 0 Å². The third kappa shape index (κ3) is 4.31. The third-order valence-electron chi connectivity index (χ3n) is 3.29. The first-order chi connectivity index (χ1) is 10.6. The second kappa shape index (κ2) is 7.94. The minimum absolute atomic E-state index is 0.186. The number of carbonyl (C=O) groups is 1. The molecule has 0 saturated heterocycles. The van der Waals surface area contributed by atoms with E-state index < -0.39 is 4.83 Å². The van der Waals surface area contributed by atoms with Crippen LogP contribution in [0.3, 0.4) is 0 Å². The van der Waals surface area contributed by atoms with E-state index in [4.69, 9.17) is 4.74 Å². The average molecular weight is 366 g/mol. The number of hydrogen-bond acceptors (Lipinski definition) is 2. The Kier molecular flexibility index (Phi) is 5.95. The Morgan fingerprint density at radius 3 is 2.50 bits per heavy atom. The van der Waals surface area contributed by atoms with Crippen molar-refractivity contribution >= 4 is 21.8 Å². The Morgan fingerprint density at radius 2 is 1.82 bits per heavy atom. The lowest BCUT2D eigenvalue weighted by Gasteiger charge is -2.13. The zero-order chi connectivity index (χ0) is 15.9. The molecule has 22 heavy (non-hydrogen) atoms. The molecule has 1 atom stereocenters. The first-order valence-electron chi connectivity index (χ1n) is 6.89. The van der Waals surface area contributed by atoms with Crippen LogP contribution < -0.4 is 10.1 Å². The average Bonchev–Trinajstić information content (AvgIpc) is 2.54. The minimum Gasteiger partial charge on any atom is -0.496 e. The Morgan fingerprint density at radius 1 is 1.18 bits per heavy atom. The summed E-state index contributed by atoms with van der Waals surface area (Å²) in [7, 11) is 1.59. The van der Waals surface area contributed by atoms with E-state index in [-0.39, 0.29) is 11.7 Å². The van der Waals surface area contributed by atoms with Gasteiger partial charge in [0.15, 0.2) is 0 Å². The Hall–Kier alpha value is -1.88. The van der Waals surface area contributed by atoms with Crippen LogP contribution >= 0.6 is 15.9 Å². The van der Waals surface area contributed by atoms with E-state index >= 15 is 0 Å². The molecule has 0 aliphatic heterocycles. The van der Waals surface area contributed by atoms with Gasteiger partial charge in [0.2, 0.25) is 5.91 Å². The maximum atomic E-state index is 13.6. The normalized spacial score (nSPS) is 11.8. The number of amides is 1. The van der Waals surface area contributed by atoms with E-state index in [0.29, 0.717) is 18.5 Å². The SMILES string of the molecule is COc1ccccc1CNC(=O)C(Br)Cc1ccccc1F. The number of para-hydroxylation sites is 1. The van der Waals surface area contributed by atoms with Crippen molar-refractivity contribution < 1.29 is 13.9 Å². The zero-order valence-corrected chi connectivity index (χ0v) is 13.8. The Balaban J connectivity index is 1.93. The number of ether oxygens (including phenoxy) is 1. The molecule has 3 nitrogen and oxygen atoms in total. The monoisotopic (exact) mass is 365 g/mol. The lowest BCUT2D eigenvalue weighted by atomic mass is 10.1. The highest BCUT2D eigenvalue weighted by atomic mass is 79.9. The third-order valence-corrected chi connectivity index (χ3v) is 4.03. The van der Waals surface area contributed by atoms with Crippen LogP contribution in [0.25, 0.3) is 0 Å². The molecule has 0 spiro atoms. The van der Waals surface area contributed by atoms with Crippen molar-refractivity contribution in [2.45, 2.75) is 17.8 Å². The molecule has 2 aromatic carbocycles. The number of rotatable bonds is 6. The molecule has 2 aromatic rings. The summed E-state index contributed by atoms with van der Waals surface area (Å²) in [5.74, 6) is 0.238. The standard InChI is InChI=1S/C17H17BrFNO2/c1-22-16-9-5-3-7-13(16)11-20-17(21)14(18)10-12-6-2-4-8-15(12)19/h2-9,14H,10-11H2,1H3,(H,20,21). The van der Waals surface area contributed by atoms with Gasteiger partial charge in [0.05, 0.1) is 11.9 Å². The quantitative estimate of drug-likeness (QED) is 0.796. The molecule has 1 amide bonds. The summed E-state index contributed by atoms with van der Waals surface area (Å²) in [4.78, 5) is 11.6. The lowest BCUT2D eigenvalue weighted by Crippen LogP contribution is -2.32. The van der Waals surface area contributed by atoms with Crippen LogP contribution in [0.15, 0.2) is 48.5 Å². The molecule has 0 radical (unpaired) electrons. The maximum Gasteiger partial charge on any atom is 0.234 e. The van der Waals surface area contributed by atoms with Crippen LogP contribution in [-0.2, 0) is 17.8 Å². The van der Waals surface area contributed by atoms with Crippen molar-refractivity contribution in [2.75, 3.05) is 7.11 Å². The topological polar surface area (TPSA) is 38.3 Å². The molecule has 0 heterocycles. The van der Waals surface area contributed by atoms with Crippen LogP contribution in [0.2, 0.25) is 0 Å². The van der Waals surface area contributed by atoms with E-state index in [1.54, 1.807) is 25.3 Å². The van der Waals surface area contributed by atoms with Gasteiger partial charge in [-0.3, -0.25) is 4.79 Å². The summed E-state index contributed by atoms with van der Waals surface area (Å²) in [6.45, 7) is 0.363. The summed E-state index contributed by atoms with van der Waals surface area (Å²) in [5, 5.41) is 2.82. The predicted molar refractivity (Wildman–Crippen MR) is 87.7 cm³/mol. The number of benzene rings is 2. The number of carbonyl (C=O) groups excluding carboxylic acids is 1. The number of hydrogen-bond donors (Lipinski definition) is 1. The molecule has 1 unspecified atom stereocenters. The van der Waals surface area contributed by atoms with Crippen LogP contribution in [-0.4, -0.2) is 17.8 Å². The first-order valence-corrected chi connectivity index (χ1v) is 7.80. The molecule has 0 bridgehead atoms. The van der Waals surface area contributed by atoms with E-state index in [9.17, 15) is 9.18 Å². The highest BCUT2D eigenvalue weighted by Crippen LogP contribution is 2.18. The fraction of sp³-hybridized carbons (Fsp3) is 0.235. The second-order valence-electron chi connectivity index (χ2n) is 4.79. The van der Waals surface area contributed by atoms with Crippen molar-refractivity contribution in [3.8, 4) is 5.75 Å². The van der Waals surface area contributed by atoms with Crippen molar-refractivity contribution in [1.82, 2.24) is 5.32 Å². The predicted octanol–water partition coefficient (Wildman–Crippen LogP) is 3.46. The summed E-state index contributed by atoms with van der Waals surface area (Å²) in [5.41, 5.74) is 1.40. The van der Waals surface area contributed by atoms with E-state index in [1.807, 2.05) is 24.3 Å². The van der Waals surface area contributed by atoms with E-state index in [2.05, 4.69) is 21.2 Å². The van der Waals surface area contributed by atoms with Crippen molar-refractivity contribution in [1.29, 1.82) is 0 Å². The number of nitrogens with one attached hydrogen (secondary N) is 1. The molecule has 116 valence electrons.